The van der Waals surface area contributed by atoms with Gasteiger partial charge in [0.15, 0.2) is 4.34 Å². The summed E-state index contributed by atoms with van der Waals surface area (Å²) in [7, 11) is 0. The third kappa shape index (κ3) is 4.43. The smallest absolute Gasteiger partial charge is 0.341 e. The number of nitrogens with one attached hydrogen (secondary N) is 1. The largest absolute Gasteiger partial charge is 0.462 e. The Morgan fingerprint density at radius 3 is 2.88 bits per heavy atom. The van der Waals surface area contributed by atoms with Gasteiger partial charge in [-0.2, -0.15) is 0 Å². The molecular weight excluding hydrogens is 376 g/mol. The van der Waals surface area contributed by atoms with Gasteiger partial charge in [0.05, 0.1) is 17.9 Å². The lowest BCUT2D eigenvalue weighted by atomic mass is 9.95. The van der Waals surface area contributed by atoms with Crippen LogP contribution in [-0.2, 0) is 22.4 Å². The molecule has 0 aliphatic heterocycles. The molecule has 0 bridgehead atoms. The van der Waals surface area contributed by atoms with E-state index in [2.05, 4.69) is 10.3 Å². The van der Waals surface area contributed by atoms with Gasteiger partial charge in [-0.15, -0.1) is 22.7 Å². The predicted octanol–water partition coefficient (Wildman–Crippen LogP) is 4.30. The summed E-state index contributed by atoms with van der Waals surface area (Å²) in [5, 5.41) is 5.51. The van der Waals surface area contributed by atoms with Gasteiger partial charge in [0.1, 0.15) is 5.00 Å². The molecule has 2 aromatic heterocycles. The normalized spacial score (nSPS) is 13.4. The van der Waals surface area contributed by atoms with E-state index in [1.807, 2.05) is 12.3 Å². The first-order valence-corrected chi connectivity index (χ1v) is 10.9. The third-order valence-electron chi connectivity index (χ3n) is 3.83. The second-order valence-corrected chi connectivity index (χ2v) is 8.91. The standard InChI is InChI=1S/C17H20N2O3S3/c1-3-22-16(21)14-11-6-4-5-7-12(11)25-15(14)19-13(20)9-24-17-18-10(2)8-23-17/h8H,3-7,9H2,1-2H3,(H,19,20). The number of aromatic nitrogens is 1. The van der Waals surface area contributed by atoms with E-state index < -0.39 is 0 Å². The SMILES string of the molecule is CCOC(=O)c1c(NC(=O)CSc2nc(C)cs2)sc2c1CCCC2. The zero-order valence-corrected chi connectivity index (χ0v) is 16.7. The highest BCUT2D eigenvalue weighted by atomic mass is 32.2. The van der Waals surface area contributed by atoms with E-state index in [-0.39, 0.29) is 17.6 Å². The molecule has 0 saturated heterocycles. The highest BCUT2D eigenvalue weighted by molar-refractivity contribution is 8.01. The number of thioether (sulfide) groups is 1. The second kappa shape index (κ2) is 8.33. The van der Waals surface area contributed by atoms with Gasteiger partial charge in [0, 0.05) is 16.0 Å². The van der Waals surface area contributed by atoms with Crippen LogP contribution in [0.25, 0.3) is 0 Å². The number of hydrogen-bond donors (Lipinski definition) is 1. The van der Waals surface area contributed by atoms with Crippen molar-refractivity contribution in [3.05, 3.63) is 27.1 Å². The Morgan fingerprint density at radius 2 is 2.16 bits per heavy atom. The van der Waals surface area contributed by atoms with E-state index >= 15 is 0 Å². The summed E-state index contributed by atoms with van der Waals surface area (Å²) in [5.41, 5.74) is 2.58. The topological polar surface area (TPSA) is 68.3 Å². The van der Waals surface area contributed by atoms with Gasteiger partial charge in [-0.05, 0) is 45.1 Å². The van der Waals surface area contributed by atoms with Crippen LogP contribution in [-0.4, -0.2) is 29.2 Å². The van der Waals surface area contributed by atoms with E-state index in [0.29, 0.717) is 17.2 Å². The summed E-state index contributed by atoms with van der Waals surface area (Å²) in [6, 6.07) is 0. The summed E-state index contributed by atoms with van der Waals surface area (Å²) < 4.78 is 6.09. The molecule has 0 unspecified atom stereocenters. The quantitative estimate of drug-likeness (QED) is 0.582. The van der Waals surface area contributed by atoms with Crippen LogP contribution < -0.4 is 5.32 Å². The van der Waals surface area contributed by atoms with Crippen LogP contribution in [0.2, 0.25) is 0 Å². The highest BCUT2D eigenvalue weighted by Crippen LogP contribution is 2.38. The number of rotatable bonds is 6. The number of esters is 1. The maximum Gasteiger partial charge on any atom is 0.341 e. The lowest BCUT2D eigenvalue weighted by molar-refractivity contribution is -0.113. The van der Waals surface area contributed by atoms with Gasteiger partial charge in [0.2, 0.25) is 5.91 Å². The summed E-state index contributed by atoms with van der Waals surface area (Å²) >= 11 is 4.46. The first-order chi connectivity index (χ1) is 12.1. The Bertz CT molecular complexity index is 782. The predicted molar refractivity (Wildman–Crippen MR) is 103 cm³/mol. The number of fused-ring (bicyclic) bond motifs is 1. The van der Waals surface area contributed by atoms with Gasteiger partial charge in [0.25, 0.3) is 0 Å². The maximum absolute atomic E-state index is 12.4. The van der Waals surface area contributed by atoms with Gasteiger partial charge < -0.3 is 10.1 Å². The van der Waals surface area contributed by atoms with Gasteiger partial charge >= 0.3 is 5.97 Å². The van der Waals surface area contributed by atoms with Crippen molar-refractivity contribution in [2.24, 2.45) is 0 Å². The summed E-state index contributed by atoms with van der Waals surface area (Å²) in [6.07, 6.45) is 4.05. The van der Waals surface area contributed by atoms with Crippen LogP contribution in [0, 0.1) is 6.92 Å². The number of hydrogen-bond acceptors (Lipinski definition) is 7. The van der Waals surface area contributed by atoms with Crippen LogP contribution in [0.4, 0.5) is 5.00 Å². The Labute approximate surface area is 159 Å². The van der Waals surface area contributed by atoms with Crippen molar-refractivity contribution >= 4 is 51.3 Å². The van der Waals surface area contributed by atoms with E-state index in [1.54, 1.807) is 6.92 Å². The first kappa shape index (κ1) is 18.4. The van der Waals surface area contributed by atoms with Crippen molar-refractivity contribution in [3.63, 3.8) is 0 Å². The van der Waals surface area contributed by atoms with Crippen molar-refractivity contribution in [1.29, 1.82) is 0 Å². The summed E-state index contributed by atoms with van der Waals surface area (Å²) in [6.45, 7) is 4.06. The molecular formula is C17H20N2O3S3. The molecule has 2 heterocycles. The van der Waals surface area contributed by atoms with Crippen LogP contribution in [0.15, 0.2) is 9.72 Å². The Hall–Kier alpha value is -1.38. The van der Waals surface area contributed by atoms with Crippen molar-refractivity contribution in [2.45, 2.75) is 43.9 Å². The molecule has 0 atom stereocenters. The minimum absolute atomic E-state index is 0.123. The molecule has 0 radical (unpaired) electrons. The molecule has 8 heteroatoms. The van der Waals surface area contributed by atoms with Crippen molar-refractivity contribution in [1.82, 2.24) is 4.98 Å². The molecule has 0 fully saturated rings. The fourth-order valence-corrected chi connectivity index (χ4v) is 5.70. The fourth-order valence-electron chi connectivity index (χ4n) is 2.76. The maximum atomic E-state index is 12.4. The number of carbonyl (C=O) groups excluding carboxylic acids is 2. The number of aryl methyl sites for hydroxylation is 2. The number of thiophene rings is 1. The minimum Gasteiger partial charge on any atom is -0.462 e. The second-order valence-electron chi connectivity index (χ2n) is 5.73. The number of thiazole rings is 1. The van der Waals surface area contributed by atoms with Crippen LogP contribution >= 0.6 is 34.4 Å². The van der Waals surface area contributed by atoms with Crippen molar-refractivity contribution < 1.29 is 14.3 Å². The number of anilines is 1. The molecule has 1 amide bonds. The van der Waals surface area contributed by atoms with Crippen molar-refractivity contribution in [3.8, 4) is 0 Å². The molecule has 0 aromatic carbocycles. The Balaban J connectivity index is 1.73. The highest BCUT2D eigenvalue weighted by Gasteiger charge is 2.27. The van der Waals surface area contributed by atoms with Crippen LogP contribution in [0.5, 0.6) is 0 Å². The summed E-state index contributed by atoms with van der Waals surface area (Å²) in [4.78, 5) is 30.3. The van der Waals surface area contributed by atoms with E-state index in [1.165, 1.54) is 39.3 Å². The molecule has 1 N–H and O–H groups in total. The average Bonchev–Trinajstić information content (AvgIpc) is 3.16. The Morgan fingerprint density at radius 1 is 1.36 bits per heavy atom. The number of ether oxygens (including phenoxy) is 1. The minimum atomic E-state index is -0.333. The Kier molecular flexibility index (Phi) is 6.14. The summed E-state index contributed by atoms with van der Waals surface area (Å²) in [5.74, 6) is -0.181. The van der Waals surface area contributed by atoms with Crippen LogP contribution in [0.3, 0.4) is 0 Å². The molecule has 5 nitrogen and oxygen atoms in total. The lowest BCUT2D eigenvalue weighted by Gasteiger charge is -2.12. The van der Waals surface area contributed by atoms with E-state index in [4.69, 9.17) is 4.74 Å². The third-order valence-corrected chi connectivity index (χ3v) is 7.17. The van der Waals surface area contributed by atoms with Gasteiger partial charge in [-0.25, -0.2) is 9.78 Å². The molecule has 3 rings (SSSR count). The fraction of sp³-hybridized carbons (Fsp3) is 0.471. The lowest BCUT2D eigenvalue weighted by Crippen LogP contribution is -2.17. The van der Waals surface area contributed by atoms with Crippen LogP contribution in [0.1, 0.15) is 46.3 Å². The monoisotopic (exact) mass is 396 g/mol. The number of nitrogens with zero attached hydrogens (tertiary/aromatic N) is 1. The van der Waals surface area contributed by atoms with Gasteiger partial charge in [-0.3, -0.25) is 4.79 Å². The number of carbonyl (C=O) groups is 2. The number of amides is 1. The molecule has 0 spiro atoms. The molecule has 1 aliphatic rings. The van der Waals surface area contributed by atoms with E-state index in [9.17, 15) is 9.59 Å². The average molecular weight is 397 g/mol. The molecule has 25 heavy (non-hydrogen) atoms. The molecule has 2 aromatic rings. The molecule has 0 saturated carbocycles. The van der Waals surface area contributed by atoms with Crippen molar-refractivity contribution in [2.75, 3.05) is 17.7 Å². The molecule has 134 valence electrons. The first-order valence-electron chi connectivity index (χ1n) is 8.25. The van der Waals surface area contributed by atoms with E-state index in [0.717, 1.165) is 41.3 Å². The molecule has 1 aliphatic carbocycles. The zero-order chi connectivity index (χ0) is 17.8. The zero-order valence-electron chi connectivity index (χ0n) is 14.2. The van der Waals surface area contributed by atoms with Gasteiger partial charge in [-0.1, -0.05) is 11.8 Å².